The van der Waals surface area contributed by atoms with Gasteiger partial charge in [-0.2, -0.15) is 0 Å². The van der Waals surface area contributed by atoms with Crippen LogP contribution in [-0.4, -0.2) is 15.6 Å². The standard InChI is InChI=1S/C15H18BrN3/c16-13-5-2-1-4-12(13)10-18-14-6-3-7-15(14)19-9-8-17-11-19/h1-2,4-5,8-9,11,14-15,18H,3,6-7,10H2. The minimum Gasteiger partial charge on any atom is -0.333 e. The van der Waals surface area contributed by atoms with Gasteiger partial charge in [-0.1, -0.05) is 34.1 Å². The summed E-state index contributed by atoms with van der Waals surface area (Å²) in [7, 11) is 0. The van der Waals surface area contributed by atoms with Crippen LogP contribution in [0.25, 0.3) is 0 Å². The van der Waals surface area contributed by atoms with E-state index in [9.17, 15) is 0 Å². The highest BCUT2D eigenvalue weighted by molar-refractivity contribution is 9.10. The van der Waals surface area contributed by atoms with E-state index in [0.29, 0.717) is 12.1 Å². The van der Waals surface area contributed by atoms with E-state index in [4.69, 9.17) is 0 Å². The first-order valence-electron chi connectivity index (χ1n) is 6.79. The third-order valence-corrected chi connectivity index (χ3v) is 4.67. The van der Waals surface area contributed by atoms with Crippen LogP contribution in [0.4, 0.5) is 0 Å². The molecule has 100 valence electrons. The Labute approximate surface area is 122 Å². The smallest absolute Gasteiger partial charge is 0.0949 e. The van der Waals surface area contributed by atoms with E-state index < -0.39 is 0 Å². The van der Waals surface area contributed by atoms with Gasteiger partial charge in [0.1, 0.15) is 0 Å². The number of hydrogen-bond acceptors (Lipinski definition) is 2. The highest BCUT2D eigenvalue weighted by Gasteiger charge is 2.27. The fraction of sp³-hybridized carbons (Fsp3) is 0.400. The van der Waals surface area contributed by atoms with E-state index in [1.165, 1.54) is 29.3 Å². The van der Waals surface area contributed by atoms with Crippen molar-refractivity contribution in [3.8, 4) is 0 Å². The lowest BCUT2D eigenvalue weighted by Gasteiger charge is -2.22. The van der Waals surface area contributed by atoms with Crippen LogP contribution in [0.1, 0.15) is 30.9 Å². The van der Waals surface area contributed by atoms with Crippen molar-refractivity contribution in [1.82, 2.24) is 14.9 Å². The van der Waals surface area contributed by atoms with Gasteiger partial charge in [0.05, 0.1) is 6.33 Å². The summed E-state index contributed by atoms with van der Waals surface area (Å²) in [6.07, 6.45) is 9.64. The molecule has 1 N–H and O–H groups in total. The molecule has 1 aliphatic rings. The van der Waals surface area contributed by atoms with Gasteiger partial charge in [0.25, 0.3) is 0 Å². The molecule has 2 unspecified atom stereocenters. The maximum atomic E-state index is 4.16. The number of benzene rings is 1. The van der Waals surface area contributed by atoms with E-state index in [-0.39, 0.29) is 0 Å². The SMILES string of the molecule is Brc1ccccc1CNC1CCCC1n1ccnc1. The number of nitrogens with zero attached hydrogens (tertiary/aromatic N) is 2. The molecule has 3 rings (SSSR count). The summed E-state index contributed by atoms with van der Waals surface area (Å²) < 4.78 is 3.42. The summed E-state index contributed by atoms with van der Waals surface area (Å²) in [5.74, 6) is 0. The maximum absolute atomic E-state index is 4.16. The van der Waals surface area contributed by atoms with Gasteiger partial charge in [0.15, 0.2) is 0 Å². The monoisotopic (exact) mass is 319 g/mol. The second kappa shape index (κ2) is 5.88. The zero-order valence-corrected chi connectivity index (χ0v) is 12.4. The second-order valence-corrected chi connectivity index (χ2v) is 5.94. The third kappa shape index (κ3) is 2.90. The molecule has 0 amide bonds. The number of aromatic nitrogens is 2. The molecule has 2 atom stereocenters. The molecule has 2 aromatic rings. The highest BCUT2D eigenvalue weighted by Crippen LogP contribution is 2.30. The molecule has 1 fully saturated rings. The minimum absolute atomic E-state index is 0.543. The fourth-order valence-corrected chi connectivity index (χ4v) is 3.31. The first-order chi connectivity index (χ1) is 9.34. The van der Waals surface area contributed by atoms with E-state index >= 15 is 0 Å². The van der Waals surface area contributed by atoms with Crippen molar-refractivity contribution in [1.29, 1.82) is 0 Å². The first-order valence-corrected chi connectivity index (χ1v) is 7.58. The second-order valence-electron chi connectivity index (χ2n) is 5.09. The van der Waals surface area contributed by atoms with Gasteiger partial charge in [-0.25, -0.2) is 4.98 Å². The fourth-order valence-electron chi connectivity index (χ4n) is 2.88. The average Bonchev–Trinajstić information content (AvgIpc) is 3.08. The predicted octanol–water partition coefficient (Wildman–Crippen LogP) is 3.53. The maximum Gasteiger partial charge on any atom is 0.0949 e. The van der Waals surface area contributed by atoms with Crippen LogP contribution in [0.5, 0.6) is 0 Å². The zero-order chi connectivity index (χ0) is 13.1. The molecular weight excluding hydrogens is 302 g/mol. The Kier molecular flexibility index (Phi) is 3.99. The van der Waals surface area contributed by atoms with Crippen molar-refractivity contribution in [3.05, 3.63) is 53.0 Å². The molecule has 0 bridgehead atoms. The Bertz CT molecular complexity index is 524. The molecule has 1 aromatic carbocycles. The molecular formula is C15H18BrN3. The van der Waals surface area contributed by atoms with Crippen LogP contribution in [0, 0.1) is 0 Å². The number of rotatable bonds is 4. The van der Waals surface area contributed by atoms with Crippen molar-refractivity contribution >= 4 is 15.9 Å². The van der Waals surface area contributed by atoms with E-state index in [2.05, 4.69) is 61.3 Å². The van der Waals surface area contributed by atoms with Crippen molar-refractivity contribution in [3.63, 3.8) is 0 Å². The molecule has 1 aromatic heterocycles. The normalized spacial score (nSPS) is 22.8. The Morgan fingerprint density at radius 1 is 1.32 bits per heavy atom. The van der Waals surface area contributed by atoms with Crippen LogP contribution < -0.4 is 5.32 Å². The molecule has 0 radical (unpaired) electrons. The van der Waals surface area contributed by atoms with Crippen molar-refractivity contribution < 1.29 is 0 Å². The molecule has 1 heterocycles. The van der Waals surface area contributed by atoms with E-state index in [1.807, 2.05) is 12.5 Å². The van der Waals surface area contributed by atoms with Crippen LogP contribution in [0.2, 0.25) is 0 Å². The Balaban J connectivity index is 1.65. The molecule has 0 aliphatic heterocycles. The average molecular weight is 320 g/mol. The van der Waals surface area contributed by atoms with Crippen LogP contribution >= 0.6 is 15.9 Å². The summed E-state index contributed by atoms with van der Waals surface area (Å²) in [6, 6.07) is 9.49. The van der Waals surface area contributed by atoms with Gasteiger partial charge in [-0.05, 0) is 30.9 Å². The summed E-state index contributed by atoms with van der Waals surface area (Å²) in [4.78, 5) is 4.16. The summed E-state index contributed by atoms with van der Waals surface area (Å²) in [5, 5.41) is 3.70. The summed E-state index contributed by atoms with van der Waals surface area (Å²) in [6.45, 7) is 0.914. The molecule has 3 nitrogen and oxygen atoms in total. The quantitative estimate of drug-likeness (QED) is 0.934. The van der Waals surface area contributed by atoms with Crippen LogP contribution in [-0.2, 0) is 6.54 Å². The lowest BCUT2D eigenvalue weighted by Crippen LogP contribution is -2.33. The highest BCUT2D eigenvalue weighted by atomic mass is 79.9. The van der Waals surface area contributed by atoms with Crippen molar-refractivity contribution in [2.24, 2.45) is 0 Å². The molecule has 0 spiro atoms. The Morgan fingerprint density at radius 2 is 2.21 bits per heavy atom. The molecule has 0 saturated heterocycles. The van der Waals surface area contributed by atoms with Gasteiger partial charge < -0.3 is 9.88 Å². The Morgan fingerprint density at radius 3 is 3.00 bits per heavy atom. The zero-order valence-electron chi connectivity index (χ0n) is 10.8. The minimum atomic E-state index is 0.543. The molecule has 4 heteroatoms. The number of halogens is 1. The topological polar surface area (TPSA) is 29.9 Å². The molecule has 1 saturated carbocycles. The lowest BCUT2D eigenvalue weighted by atomic mass is 10.1. The van der Waals surface area contributed by atoms with Gasteiger partial charge in [-0.15, -0.1) is 0 Å². The van der Waals surface area contributed by atoms with Crippen molar-refractivity contribution in [2.75, 3.05) is 0 Å². The number of imidazole rings is 1. The first kappa shape index (κ1) is 12.9. The van der Waals surface area contributed by atoms with Gasteiger partial charge in [0.2, 0.25) is 0 Å². The van der Waals surface area contributed by atoms with E-state index in [1.54, 1.807) is 0 Å². The van der Waals surface area contributed by atoms with Crippen molar-refractivity contribution in [2.45, 2.75) is 37.9 Å². The third-order valence-electron chi connectivity index (χ3n) is 3.90. The summed E-state index contributed by atoms with van der Waals surface area (Å²) >= 11 is 3.60. The predicted molar refractivity (Wildman–Crippen MR) is 79.9 cm³/mol. The van der Waals surface area contributed by atoms with Gasteiger partial charge in [0, 0.05) is 35.5 Å². The number of nitrogens with one attached hydrogen (secondary N) is 1. The molecule has 1 aliphatic carbocycles. The van der Waals surface area contributed by atoms with E-state index in [0.717, 1.165) is 6.54 Å². The van der Waals surface area contributed by atoms with Crippen LogP contribution in [0.15, 0.2) is 47.5 Å². The van der Waals surface area contributed by atoms with Gasteiger partial charge in [-0.3, -0.25) is 0 Å². The molecule has 19 heavy (non-hydrogen) atoms. The Hall–Kier alpha value is -1.13. The van der Waals surface area contributed by atoms with Crippen LogP contribution in [0.3, 0.4) is 0 Å². The number of hydrogen-bond donors (Lipinski definition) is 1. The van der Waals surface area contributed by atoms with Gasteiger partial charge >= 0.3 is 0 Å². The summed E-state index contributed by atoms with van der Waals surface area (Å²) in [5.41, 5.74) is 1.32. The lowest BCUT2D eigenvalue weighted by molar-refractivity contribution is 0.390. The largest absolute Gasteiger partial charge is 0.333 e.